The normalized spacial score (nSPS) is 10.9. The molecule has 0 spiro atoms. The van der Waals surface area contributed by atoms with E-state index in [1.807, 2.05) is 0 Å². The number of rotatable bonds is 1. The minimum Gasteiger partial charge on any atom is -0.332 e. The third-order valence-corrected chi connectivity index (χ3v) is 3.03. The van der Waals surface area contributed by atoms with Crippen LogP contribution in [0, 0.1) is 10.1 Å². The largest absolute Gasteiger partial charge is 0.332 e. The Hall–Kier alpha value is -1.14. The molecule has 0 N–H and O–H groups in total. The SMILES string of the molecule is Cn1cnc2c(Br)cc([N+](=O)[O-])c(Cl)c21. The van der Waals surface area contributed by atoms with Crippen LogP contribution in [-0.4, -0.2) is 14.5 Å². The van der Waals surface area contributed by atoms with Crippen LogP contribution >= 0.6 is 27.5 Å². The molecule has 0 saturated carbocycles. The van der Waals surface area contributed by atoms with Gasteiger partial charge in [0.15, 0.2) is 0 Å². The third kappa shape index (κ3) is 1.49. The molecular weight excluding hydrogens is 285 g/mol. The number of aryl methyl sites for hydroxylation is 1. The van der Waals surface area contributed by atoms with Gasteiger partial charge in [0.25, 0.3) is 5.69 Å². The number of hydrogen-bond acceptors (Lipinski definition) is 3. The Kier molecular flexibility index (Phi) is 2.40. The summed E-state index contributed by atoms with van der Waals surface area (Å²) in [7, 11) is 1.73. The Labute approximate surface area is 97.9 Å². The third-order valence-electron chi connectivity index (χ3n) is 2.06. The van der Waals surface area contributed by atoms with Crippen molar-refractivity contribution in [2.75, 3.05) is 0 Å². The summed E-state index contributed by atoms with van der Waals surface area (Å²) in [5.74, 6) is 0. The van der Waals surface area contributed by atoms with Gasteiger partial charge < -0.3 is 4.57 Å². The summed E-state index contributed by atoms with van der Waals surface area (Å²) in [5, 5.41) is 10.8. The molecule has 7 heteroatoms. The molecule has 2 rings (SSSR count). The van der Waals surface area contributed by atoms with Gasteiger partial charge in [-0.1, -0.05) is 11.6 Å². The molecule has 0 radical (unpaired) electrons. The molecule has 0 saturated heterocycles. The first-order chi connectivity index (χ1) is 7.02. The van der Waals surface area contributed by atoms with Gasteiger partial charge in [0.2, 0.25) is 0 Å². The number of fused-ring (bicyclic) bond motifs is 1. The fourth-order valence-electron chi connectivity index (χ4n) is 1.37. The quantitative estimate of drug-likeness (QED) is 0.599. The molecule has 0 amide bonds. The molecule has 0 aliphatic rings. The number of aromatic nitrogens is 2. The second-order valence-electron chi connectivity index (χ2n) is 3.00. The number of nitrogens with zero attached hydrogens (tertiary/aromatic N) is 3. The lowest BCUT2D eigenvalue weighted by Gasteiger charge is -2.01. The summed E-state index contributed by atoms with van der Waals surface area (Å²) < 4.78 is 2.21. The van der Waals surface area contributed by atoms with Crippen molar-refractivity contribution >= 4 is 44.3 Å². The molecule has 0 atom stereocenters. The maximum Gasteiger partial charge on any atom is 0.291 e. The zero-order valence-corrected chi connectivity index (χ0v) is 9.91. The van der Waals surface area contributed by atoms with Crippen LogP contribution in [0.25, 0.3) is 11.0 Å². The second kappa shape index (κ2) is 3.46. The lowest BCUT2D eigenvalue weighted by molar-refractivity contribution is -0.384. The van der Waals surface area contributed by atoms with Gasteiger partial charge in [0.05, 0.1) is 21.2 Å². The van der Waals surface area contributed by atoms with E-state index >= 15 is 0 Å². The average Bonchev–Trinajstić information content (AvgIpc) is 2.54. The fraction of sp³-hybridized carbons (Fsp3) is 0.125. The number of nitro benzene ring substituents is 1. The Bertz CT molecular complexity index is 567. The number of hydrogen-bond donors (Lipinski definition) is 0. The minimum absolute atomic E-state index is 0.109. The van der Waals surface area contributed by atoms with E-state index in [-0.39, 0.29) is 10.7 Å². The van der Waals surface area contributed by atoms with Gasteiger partial charge in [-0.15, -0.1) is 0 Å². The summed E-state index contributed by atoms with van der Waals surface area (Å²) >= 11 is 9.16. The van der Waals surface area contributed by atoms with Gasteiger partial charge in [-0.2, -0.15) is 0 Å². The fourth-order valence-corrected chi connectivity index (χ4v) is 2.22. The number of nitro groups is 1. The molecule has 1 aromatic carbocycles. The number of benzene rings is 1. The van der Waals surface area contributed by atoms with Crippen LogP contribution in [0.2, 0.25) is 5.02 Å². The predicted molar refractivity (Wildman–Crippen MR) is 60.1 cm³/mol. The van der Waals surface area contributed by atoms with Crippen molar-refractivity contribution in [1.82, 2.24) is 9.55 Å². The van der Waals surface area contributed by atoms with E-state index in [0.29, 0.717) is 15.5 Å². The molecule has 1 aromatic heterocycles. The average molecular weight is 291 g/mol. The number of imidazole rings is 1. The van der Waals surface area contributed by atoms with E-state index < -0.39 is 4.92 Å². The summed E-state index contributed by atoms with van der Waals surface area (Å²) in [5.41, 5.74) is 1.05. The van der Waals surface area contributed by atoms with E-state index in [1.54, 1.807) is 17.9 Å². The van der Waals surface area contributed by atoms with Gasteiger partial charge in [-0.05, 0) is 15.9 Å². The summed E-state index contributed by atoms with van der Waals surface area (Å²) in [6.45, 7) is 0. The Morgan fingerprint density at radius 1 is 1.67 bits per heavy atom. The smallest absolute Gasteiger partial charge is 0.291 e. The Morgan fingerprint density at radius 2 is 2.33 bits per heavy atom. The highest BCUT2D eigenvalue weighted by molar-refractivity contribution is 9.10. The first-order valence-corrected chi connectivity index (χ1v) is 5.13. The minimum atomic E-state index is -0.514. The first kappa shape index (κ1) is 10.4. The maximum absolute atomic E-state index is 10.7. The van der Waals surface area contributed by atoms with Gasteiger partial charge >= 0.3 is 0 Å². The summed E-state index contributed by atoms with van der Waals surface area (Å²) in [6, 6.07) is 1.36. The van der Waals surface area contributed by atoms with Crippen molar-refractivity contribution in [2.24, 2.45) is 7.05 Å². The van der Waals surface area contributed by atoms with Crippen LogP contribution in [0.1, 0.15) is 0 Å². The summed E-state index contributed by atoms with van der Waals surface area (Å²) in [4.78, 5) is 14.3. The predicted octanol–water partition coefficient (Wildman–Crippen LogP) is 2.90. The van der Waals surface area contributed by atoms with Crippen molar-refractivity contribution in [2.45, 2.75) is 0 Å². The van der Waals surface area contributed by atoms with Gasteiger partial charge in [0, 0.05) is 13.1 Å². The zero-order chi connectivity index (χ0) is 11.2. The highest BCUT2D eigenvalue weighted by Gasteiger charge is 2.20. The molecule has 0 aliphatic heterocycles. The van der Waals surface area contributed by atoms with Crippen LogP contribution in [0.3, 0.4) is 0 Å². The van der Waals surface area contributed by atoms with Crippen LogP contribution in [0.5, 0.6) is 0 Å². The molecule has 5 nitrogen and oxygen atoms in total. The highest BCUT2D eigenvalue weighted by atomic mass is 79.9. The van der Waals surface area contributed by atoms with E-state index in [4.69, 9.17) is 11.6 Å². The van der Waals surface area contributed by atoms with Gasteiger partial charge in [0.1, 0.15) is 10.5 Å². The van der Waals surface area contributed by atoms with Crippen molar-refractivity contribution in [3.8, 4) is 0 Å². The van der Waals surface area contributed by atoms with Crippen LogP contribution in [0.4, 0.5) is 5.69 Å². The molecule has 0 fully saturated rings. The lowest BCUT2D eigenvalue weighted by atomic mass is 10.3. The number of halogens is 2. The van der Waals surface area contributed by atoms with Crippen LogP contribution < -0.4 is 0 Å². The van der Waals surface area contributed by atoms with Crippen molar-refractivity contribution in [1.29, 1.82) is 0 Å². The molecule has 15 heavy (non-hydrogen) atoms. The molecular formula is C8H5BrClN3O2. The zero-order valence-electron chi connectivity index (χ0n) is 7.57. The second-order valence-corrected chi connectivity index (χ2v) is 4.23. The van der Waals surface area contributed by atoms with Crippen molar-refractivity contribution < 1.29 is 4.92 Å². The highest BCUT2D eigenvalue weighted by Crippen LogP contribution is 2.36. The molecule has 78 valence electrons. The van der Waals surface area contributed by atoms with E-state index in [0.717, 1.165) is 0 Å². The lowest BCUT2D eigenvalue weighted by Crippen LogP contribution is -1.93. The van der Waals surface area contributed by atoms with Crippen LogP contribution in [0.15, 0.2) is 16.9 Å². The van der Waals surface area contributed by atoms with Crippen molar-refractivity contribution in [3.63, 3.8) is 0 Å². The van der Waals surface area contributed by atoms with E-state index in [9.17, 15) is 10.1 Å². The van der Waals surface area contributed by atoms with Crippen LogP contribution in [-0.2, 0) is 7.05 Å². The van der Waals surface area contributed by atoms with Gasteiger partial charge in [-0.3, -0.25) is 10.1 Å². The summed E-state index contributed by atoms with van der Waals surface area (Å²) in [6.07, 6.45) is 1.56. The van der Waals surface area contributed by atoms with Gasteiger partial charge in [-0.25, -0.2) is 4.98 Å². The van der Waals surface area contributed by atoms with E-state index in [2.05, 4.69) is 20.9 Å². The van der Waals surface area contributed by atoms with Crippen molar-refractivity contribution in [3.05, 3.63) is 32.0 Å². The standard InChI is InChI=1S/C8H5BrClN3O2/c1-12-3-11-7-4(9)2-5(13(14)15)6(10)8(7)12/h2-3H,1H3. The molecule has 0 bridgehead atoms. The Balaban J connectivity index is 2.94. The Morgan fingerprint density at radius 3 is 2.93 bits per heavy atom. The molecule has 0 unspecified atom stereocenters. The monoisotopic (exact) mass is 289 g/mol. The maximum atomic E-state index is 10.7. The van der Waals surface area contributed by atoms with E-state index in [1.165, 1.54) is 6.07 Å². The molecule has 2 aromatic rings. The molecule has 1 heterocycles. The molecule has 0 aliphatic carbocycles. The topological polar surface area (TPSA) is 61.0 Å². The first-order valence-electron chi connectivity index (χ1n) is 3.95.